The molecule has 34 heavy (non-hydrogen) atoms. The lowest BCUT2D eigenvalue weighted by Crippen LogP contribution is -2.25. The number of nitrogens with one attached hydrogen (secondary N) is 1. The highest BCUT2D eigenvalue weighted by Gasteiger charge is 2.35. The quantitative estimate of drug-likeness (QED) is 0.404. The van der Waals surface area contributed by atoms with Crippen LogP contribution in [0.15, 0.2) is 118 Å². The maximum atomic E-state index is 13.3. The fourth-order valence-corrected chi connectivity index (χ4v) is 5.23. The summed E-state index contributed by atoms with van der Waals surface area (Å²) in [5, 5.41) is 2.74. The first-order chi connectivity index (χ1) is 16.4. The summed E-state index contributed by atoms with van der Waals surface area (Å²) in [7, 11) is -4.02. The lowest BCUT2D eigenvalue weighted by molar-refractivity contribution is 0.0995. The van der Waals surface area contributed by atoms with Crippen molar-refractivity contribution >= 4 is 38.6 Å². The van der Waals surface area contributed by atoms with E-state index in [1.165, 1.54) is 18.5 Å². The van der Waals surface area contributed by atoms with Crippen LogP contribution in [0.4, 0.5) is 17.1 Å². The molecule has 1 N–H and O–H groups in total. The zero-order valence-corrected chi connectivity index (χ0v) is 18.5. The number of hydrogen-bond acceptors (Lipinski definition) is 6. The third-order valence-corrected chi connectivity index (χ3v) is 7.15. The minimum atomic E-state index is -4.02. The number of nitrogens with zero attached hydrogens (tertiary/aromatic N) is 1. The summed E-state index contributed by atoms with van der Waals surface area (Å²) in [6.07, 6.45) is 2.77. The normalized spacial score (nSPS) is 14.1. The van der Waals surface area contributed by atoms with Crippen molar-refractivity contribution in [1.29, 1.82) is 0 Å². The third kappa shape index (κ3) is 3.80. The molecule has 7 nitrogen and oxygen atoms in total. The zero-order chi connectivity index (χ0) is 23.7. The lowest BCUT2D eigenvalue weighted by atomic mass is 10.1. The summed E-state index contributed by atoms with van der Waals surface area (Å²) in [5.41, 5.74) is 1.87. The van der Waals surface area contributed by atoms with Crippen molar-refractivity contribution in [3.8, 4) is 0 Å². The van der Waals surface area contributed by atoms with Crippen LogP contribution in [0.25, 0.3) is 0 Å². The van der Waals surface area contributed by atoms with Gasteiger partial charge in [0.05, 0.1) is 16.8 Å². The first-order valence-corrected chi connectivity index (χ1v) is 11.8. The third-order valence-electron chi connectivity index (χ3n) is 5.36. The maximum Gasteiger partial charge on any atom is 0.291 e. The molecule has 0 unspecified atom stereocenters. The van der Waals surface area contributed by atoms with Crippen LogP contribution in [0.3, 0.4) is 0 Å². The monoisotopic (exact) mass is 470 g/mol. The number of sulfone groups is 1. The number of ketones is 1. The summed E-state index contributed by atoms with van der Waals surface area (Å²) in [5.74, 6) is -0.781. The van der Waals surface area contributed by atoms with Gasteiger partial charge in [-0.05, 0) is 48.5 Å². The smallest absolute Gasteiger partial charge is 0.291 e. The number of allylic oxidation sites excluding steroid dienone is 1. The van der Waals surface area contributed by atoms with Gasteiger partial charge in [-0.2, -0.15) is 0 Å². The Labute approximate surface area is 195 Å². The number of fused-ring (bicyclic) bond motifs is 1. The standard InChI is InChI=1S/C26H18N2O5S/c29-25(18-7-2-1-3-8-18)24-17-28(21-9-4-5-11-23(21)34(24,31)32)20-14-12-19(13-15-20)27-26(30)22-10-6-16-33-22/h1-17H,(H,27,30). The molecule has 0 bridgehead atoms. The molecule has 0 atom stereocenters. The second kappa shape index (κ2) is 8.49. The molecule has 0 fully saturated rings. The number of Topliss-reactive ketones (excluding diaryl/α,β-unsaturated/α-hetero) is 1. The Kier molecular flexibility index (Phi) is 5.35. The number of carbonyl (C=O) groups excluding carboxylic acids is 2. The second-order valence-electron chi connectivity index (χ2n) is 7.51. The van der Waals surface area contributed by atoms with Crippen LogP contribution in [-0.4, -0.2) is 20.1 Å². The Bertz CT molecular complexity index is 1510. The number of benzene rings is 3. The second-order valence-corrected chi connectivity index (χ2v) is 9.39. The van der Waals surface area contributed by atoms with Crippen LogP contribution in [0.1, 0.15) is 20.9 Å². The van der Waals surface area contributed by atoms with Gasteiger partial charge in [-0.3, -0.25) is 9.59 Å². The topological polar surface area (TPSA) is 96.7 Å². The largest absolute Gasteiger partial charge is 0.459 e. The van der Waals surface area contributed by atoms with E-state index in [9.17, 15) is 18.0 Å². The predicted octanol–water partition coefficient (Wildman–Crippen LogP) is 5.18. The Morgan fingerprint density at radius 1 is 0.794 bits per heavy atom. The molecule has 5 rings (SSSR count). The first kappa shape index (κ1) is 21.4. The molecule has 0 spiro atoms. The van der Waals surface area contributed by atoms with Crippen molar-refractivity contribution in [3.05, 3.63) is 120 Å². The lowest BCUT2D eigenvalue weighted by Gasteiger charge is -2.29. The van der Waals surface area contributed by atoms with Crippen LogP contribution in [0.5, 0.6) is 0 Å². The van der Waals surface area contributed by atoms with Crippen LogP contribution >= 0.6 is 0 Å². The number of carbonyl (C=O) groups is 2. The summed E-state index contributed by atoms with van der Waals surface area (Å²) in [4.78, 5) is 26.8. The van der Waals surface area contributed by atoms with Gasteiger partial charge >= 0.3 is 0 Å². The van der Waals surface area contributed by atoms with Crippen molar-refractivity contribution in [1.82, 2.24) is 0 Å². The van der Waals surface area contributed by atoms with Gasteiger partial charge in [0, 0.05) is 23.1 Å². The molecule has 1 aromatic heterocycles. The average molecular weight is 471 g/mol. The molecule has 8 heteroatoms. The van der Waals surface area contributed by atoms with Gasteiger partial charge in [-0.1, -0.05) is 42.5 Å². The molecule has 4 aromatic rings. The number of amides is 1. The molecular formula is C26H18N2O5S. The molecule has 0 aliphatic carbocycles. The van der Waals surface area contributed by atoms with Crippen molar-refractivity contribution in [3.63, 3.8) is 0 Å². The van der Waals surface area contributed by atoms with E-state index < -0.39 is 15.6 Å². The molecule has 168 valence electrons. The van der Waals surface area contributed by atoms with Crippen molar-refractivity contribution in [2.45, 2.75) is 4.90 Å². The summed E-state index contributed by atoms with van der Waals surface area (Å²) >= 11 is 0. The highest BCUT2D eigenvalue weighted by Crippen LogP contribution is 2.40. The summed E-state index contributed by atoms with van der Waals surface area (Å²) in [6, 6.07) is 24.8. The van der Waals surface area contributed by atoms with E-state index in [4.69, 9.17) is 4.42 Å². The van der Waals surface area contributed by atoms with E-state index in [1.807, 2.05) is 0 Å². The minimum Gasteiger partial charge on any atom is -0.459 e. The van der Waals surface area contributed by atoms with Crippen LogP contribution < -0.4 is 10.2 Å². The predicted molar refractivity (Wildman–Crippen MR) is 128 cm³/mol. The molecule has 0 saturated carbocycles. The van der Waals surface area contributed by atoms with Gasteiger partial charge in [0.2, 0.25) is 15.6 Å². The Morgan fingerprint density at radius 3 is 2.21 bits per heavy atom. The van der Waals surface area contributed by atoms with Crippen LogP contribution in [0, 0.1) is 0 Å². The Balaban J connectivity index is 1.53. The van der Waals surface area contributed by atoms with Gasteiger partial charge < -0.3 is 14.6 Å². The molecule has 2 heterocycles. The Hall–Kier alpha value is -4.43. The average Bonchev–Trinajstić information content (AvgIpc) is 3.41. The fourth-order valence-electron chi connectivity index (χ4n) is 3.69. The van der Waals surface area contributed by atoms with Crippen molar-refractivity contribution in [2.75, 3.05) is 10.2 Å². The first-order valence-electron chi connectivity index (χ1n) is 10.3. The van der Waals surface area contributed by atoms with E-state index >= 15 is 0 Å². The van der Waals surface area contributed by atoms with Crippen LogP contribution in [0.2, 0.25) is 0 Å². The van der Waals surface area contributed by atoms with E-state index in [0.717, 1.165) is 0 Å². The fraction of sp³-hybridized carbons (Fsp3) is 0. The molecule has 0 saturated heterocycles. The Morgan fingerprint density at radius 2 is 1.50 bits per heavy atom. The van der Waals surface area contributed by atoms with Gasteiger partial charge in [0.1, 0.15) is 4.91 Å². The number of furan rings is 1. The molecule has 3 aromatic carbocycles. The van der Waals surface area contributed by atoms with Crippen molar-refractivity contribution in [2.24, 2.45) is 0 Å². The summed E-state index contributed by atoms with van der Waals surface area (Å²) in [6.45, 7) is 0. The minimum absolute atomic E-state index is 0.0481. The van der Waals surface area contributed by atoms with Gasteiger partial charge in [0.15, 0.2) is 5.76 Å². The van der Waals surface area contributed by atoms with Gasteiger partial charge in [-0.25, -0.2) is 8.42 Å². The highest BCUT2D eigenvalue weighted by atomic mass is 32.2. The maximum absolute atomic E-state index is 13.3. The SMILES string of the molecule is O=C(C1=CN(c2ccc(NC(=O)c3ccco3)cc2)c2ccccc2S1(=O)=O)c1ccccc1. The number of anilines is 3. The number of para-hydroxylation sites is 1. The number of rotatable bonds is 5. The number of hydrogen-bond donors (Lipinski definition) is 1. The van der Waals surface area contributed by atoms with Gasteiger partial charge in [0.25, 0.3) is 5.91 Å². The molecule has 1 amide bonds. The van der Waals surface area contributed by atoms with Crippen LogP contribution in [-0.2, 0) is 9.84 Å². The molecule has 0 radical (unpaired) electrons. The van der Waals surface area contributed by atoms with E-state index in [1.54, 1.807) is 89.8 Å². The molecular weight excluding hydrogens is 452 g/mol. The van der Waals surface area contributed by atoms with E-state index in [0.29, 0.717) is 17.1 Å². The van der Waals surface area contributed by atoms with E-state index in [-0.39, 0.29) is 27.0 Å². The summed E-state index contributed by atoms with van der Waals surface area (Å²) < 4.78 is 31.7. The highest BCUT2D eigenvalue weighted by molar-refractivity contribution is 7.96. The van der Waals surface area contributed by atoms with Crippen molar-refractivity contribution < 1.29 is 22.4 Å². The van der Waals surface area contributed by atoms with E-state index in [2.05, 4.69) is 5.32 Å². The molecule has 1 aliphatic heterocycles. The zero-order valence-electron chi connectivity index (χ0n) is 17.7. The van der Waals surface area contributed by atoms with Gasteiger partial charge in [-0.15, -0.1) is 0 Å². The molecule has 1 aliphatic rings.